The van der Waals surface area contributed by atoms with Gasteiger partial charge in [0.1, 0.15) is 0 Å². The molecule has 0 aliphatic carbocycles. The van der Waals surface area contributed by atoms with E-state index >= 15 is 0 Å². The minimum Gasteiger partial charge on any atom is -0.339 e. The summed E-state index contributed by atoms with van der Waals surface area (Å²) in [5.41, 5.74) is 0.407. The number of carbonyl (C=O) groups is 1. The zero-order chi connectivity index (χ0) is 16.3. The summed E-state index contributed by atoms with van der Waals surface area (Å²) in [5.74, 6) is -0.107. The predicted molar refractivity (Wildman–Crippen MR) is 89.4 cm³/mol. The lowest BCUT2D eigenvalue weighted by Gasteiger charge is -2.21. The van der Waals surface area contributed by atoms with E-state index in [1.54, 1.807) is 6.07 Å². The van der Waals surface area contributed by atoms with Crippen molar-refractivity contribution in [3.63, 3.8) is 0 Å². The number of nitrogens with zero attached hydrogens (tertiary/aromatic N) is 2. The lowest BCUT2D eigenvalue weighted by molar-refractivity contribution is 0.0760. The molecule has 2 rings (SSSR count). The molecule has 22 heavy (non-hydrogen) atoms. The van der Waals surface area contributed by atoms with Gasteiger partial charge in [0.25, 0.3) is 5.91 Å². The molecule has 1 aliphatic heterocycles. The van der Waals surface area contributed by atoms with E-state index < -0.39 is 10.0 Å². The van der Waals surface area contributed by atoms with Gasteiger partial charge >= 0.3 is 0 Å². The fraction of sp³-hybridized carbons (Fsp3) is 0.533. The molecule has 0 unspecified atom stereocenters. The van der Waals surface area contributed by atoms with Crippen molar-refractivity contribution in [2.75, 3.05) is 27.2 Å². The van der Waals surface area contributed by atoms with Crippen LogP contribution in [0.1, 0.15) is 36.0 Å². The van der Waals surface area contributed by atoms with Crippen LogP contribution in [-0.4, -0.2) is 50.7 Å². The maximum absolute atomic E-state index is 12.7. The number of benzene rings is 1. The van der Waals surface area contributed by atoms with Crippen LogP contribution in [0.25, 0.3) is 0 Å². The fourth-order valence-corrected chi connectivity index (χ4v) is 3.83. The number of hydrogen-bond acceptors (Lipinski definition) is 3. The predicted octanol–water partition coefficient (Wildman–Crippen LogP) is 2.72. The molecule has 0 spiro atoms. The fourth-order valence-electron chi connectivity index (χ4n) is 2.48. The Morgan fingerprint density at radius 3 is 2.27 bits per heavy atom. The Kier molecular flexibility index (Phi) is 5.63. The van der Waals surface area contributed by atoms with E-state index in [2.05, 4.69) is 15.9 Å². The van der Waals surface area contributed by atoms with Crippen molar-refractivity contribution in [2.24, 2.45) is 0 Å². The molecular weight excluding hydrogens is 368 g/mol. The molecule has 0 bridgehead atoms. The Balaban J connectivity index is 2.36. The second-order valence-electron chi connectivity index (χ2n) is 5.64. The Morgan fingerprint density at radius 2 is 1.73 bits per heavy atom. The summed E-state index contributed by atoms with van der Waals surface area (Å²) in [5, 5.41) is 0. The first-order valence-electron chi connectivity index (χ1n) is 7.35. The zero-order valence-corrected chi connectivity index (χ0v) is 15.3. The quantitative estimate of drug-likeness (QED) is 0.799. The van der Waals surface area contributed by atoms with Gasteiger partial charge < -0.3 is 4.90 Å². The number of carbonyl (C=O) groups excluding carboxylic acids is 1. The van der Waals surface area contributed by atoms with Crippen molar-refractivity contribution < 1.29 is 13.2 Å². The van der Waals surface area contributed by atoms with Gasteiger partial charge in [-0.25, -0.2) is 12.7 Å². The zero-order valence-electron chi connectivity index (χ0n) is 12.9. The average molecular weight is 389 g/mol. The van der Waals surface area contributed by atoms with E-state index in [1.165, 1.54) is 26.2 Å². The van der Waals surface area contributed by atoms with Gasteiger partial charge in [-0.2, -0.15) is 0 Å². The molecule has 7 heteroatoms. The Morgan fingerprint density at radius 1 is 1.14 bits per heavy atom. The minimum atomic E-state index is -3.55. The summed E-state index contributed by atoms with van der Waals surface area (Å²) < 4.78 is 26.2. The normalized spacial score (nSPS) is 16.6. The Labute approximate surface area is 140 Å². The van der Waals surface area contributed by atoms with E-state index in [-0.39, 0.29) is 10.8 Å². The highest BCUT2D eigenvalue weighted by Gasteiger charge is 2.23. The molecule has 0 aromatic heterocycles. The summed E-state index contributed by atoms with van der Waals surface area (Å²) in [6.45, 7) is 1.46. The van der Waals surface area contributed by atoms with Crippen LogP contribution < -0.4 is 0 Å². The third-order valence-corrected chi connectivity index (χ3v) is 6.34. The van der Waals surface area contributed by atoms with Crippen LogP contribution in [0.4, 0.5) is 0 Å². The minimum absolute atomic E-state index is 0.107. The van der Waals surface area contributed by atoms with E-state index in [4.69, 9.17) is 0 Å². The molecule has 0 atom stereocenters. The van der Waals surface area contributed by atoms with Crippen molar-refractivity contribution in [1.82, 2.24) is 9.21 Å². The van der Waals surface area contributed by atoms with Crippen LogP contribution in [-0.2, 0) is 10.0 Å². The molecule has 1 aromatic carbocycles. The summed E-state index contributed by atoms with van der Waals surface area (Å²) in [4.78, 5) is 14.7. The van der Waals surface area contributed by atoms with Gasteiger partial charge in [-0.15, -0.1) is 0 Å². The van der Waals surface area contributed by atoms with Crippen molar-refractivity contribution in [3.05, 3.63) is 28.2 Å². The molecule has 122 valence electrons. The molecule has 1 fully saturated rings. The molecule has 1 aliphatic rings. The largest absolute Gasteiger partial charge is 0.339 e. The molecule has 1 aromatic rings. The first kappa shape index (κ1) is 17.4. The summed E-state index contributed by atoms with van der Waals surface area (Å²) in [7, 11) is -0.586. The molecular formula is C15H21BrN2O3S. The van der Waals surface area contributed by atoms with E-state index in [0.29, 0.717) is 10.0 Å². The Bertz CT molecular complexity index is 651. The monoisotopic (exact) mass is 388 g/mol. The molecule has 0 radical (unpaired) electrons. The smallest absolute Gasteiger partial charge is 0.255 e. The molecule has 1 heterocycles. The standard InChI is InChI=1S/C15H21BrN2O3S/c1-17(2)22(20,21)12-7-8-14(16)13(11-12)15(19)18-9-5-3-4-6-10-18/h7-8,11H,3-6,9-10H2,1-2H3. The van der Waals surface area contributed by atoms with Gasteiger partial charge in [0.05, 0.1) is 10.5 Å². The number of likely N-dealkylation sites (tertiary alicyclic amines) is 1. The van der Waals surface area contributed by atoms with Crippen LogP contribution in [0.2, 0.25) is 0 Å². The van der Waals surface area contributed by atoms with Gasteiger partial charge in [-0.3, -0.25) is 4.79 Å². The second-order valence-corrected chi connectivity index (χ2v) is 8.64. The third-order valence-electron chi connectivity index (χ3n) is 3.84. The molecule has 1 saturated heterocycles. The van der Waals surface area contributed by atoms with E-state index in [1.807, 2.05) is 4.90 Å². The third kappa shape index (κ3) is 3.70. The highest BCUT2D eigenvalue weighted by atomic mass is 79.9. The number of hydrogen-bond donors (Lipinski definition) is 0. The van der Waals surface area contributed by atoms with Crippen LogP contribution in [0.3, 0.4) is 0 Å². The topological polar surface area (TPSA) is 57.7 Å². The van der Waals surface area contributed by atoms with Crippen molar-refractivity contribution in [3.8, 4) is 0 Å². The van der Waals surface area contributed by atoms with Crippen molar-refractivity contribution >= 4 is 31.9 Å². The summed E-state index contributed by atoms with van der Waals surface area (Å²) in [6.07, 6.45) is 4.28. The average Bonchev–Trinajstić information content (AvgIpc) is 2.75. The maximum atomic E-state index is 12.7. The number of sulfonamides is 1. The molecule has 0 N–H and O–H groups in total. The van der Waals surface area contributed by atoms with Gasteiger partial charge in [0.2, 0.25) is 10.0 Å². The lowest BCUT2D eigenvalue weighted by atomic mass is 10.2. The van der Waals surface area contributed by atoms with Gasteiger partial charge in [-0.1, -0.05) is 12.8 Å². The number of halogens is 1. The molecule has 5 nitrogen and oxygen atoms in total. The lowest BCUT2D eigenvalue weighted by Crippen LogP contribution is -2.32. The van der Waals surface area contributed by atoms with Crippen LogP contribution in [0.5, 0.6) is 0 Å². The molecule has 0 saturated carbocycles. The summed E-state index contributed by atoms with van der Waals surface area (Å²) >= 11 is 3.37. The first-order chi connectivity index (χ1) is 10.3. The van der Waals surface area contributed by atoms with Gasteiger partial charge in [0, 0.05) is 31.7 Å². The first-order valence-corrected chi connectivity index (χ1v) is 9.58. The van der Waals surface area contributed by atoms with Crippen LogP contribution >= 0.6 is 15.9 Å². The summed E-state index contributed by atoms with van der Waals surface area (Å²) in [6, 6.07) is 4.60. The van der Waals surface area contributed by atoms with Crippen molar-refractivity contribution in [2.45, 2.75) is 30.6 Å². The van der Waals surface area contributed by atoms with E-state index in [9.17, 15) is 13.2 Å². The van der Waals surface area contributed by atoms with Crippen molar-refractivity contribution in [1.29, 1.82) is 0 Å². The van der Waals surface area contributed by atoms with Crippen LogP contribution in [0, 0.1) is 0 Å². The van der Waals surface area contributed by atoms with Crippen LogP contribution in [0.15, 0.2) is 27.6 Å². The van der Waals surface area contributed by atoms with E-state index in [0.717, 1.165) is 43.1 Å². The van der Waals surface area contributed by atoms with Gasteiger partial charge in [-0.05, 0) is 47.0 Å². The molecule has 1 amide bonds. The number of amides is 1. The Hall–Kier alpha value is -0.920. The maximum Gasteiger partial charge on any atom is 0.255 e. The van der Waals surface area contributed by atoms with Gasteiger partial charge in [0.15, 0.2) is 0 Å². The second kappa shape index (κ2) is 7.10. The SMILES string of the molecule is CN(C)S(=O)(=O)c1ccc(Br)c(C(=O)N2CCCCCC2)c1. The highest BCUT2D eigenvalue weighted by Crippen LogP contribution is 2.25. The highest BCUT2D eigenvalue weighted by molar-refractivity contribution is 9.10. The number of rotatable bonds is 3.